The lowest BCUT2D eigenvalue weighted by Gasteiger charge is -2.05. The molecule has 0 heterocycles. The molecule has 0 amide bonds. The molecular weight excluding hydrogens is 420 g/mol. The fourth-order valence-corrected chi connectivity index (χ4v) is 3.70. The first-order chi connectivity index (χ1) is 15.1. The number of allylic oxidation sites excluding steroid dienone is 4. The van der Waals surface area contributed by atoms with Crippen molar-refractivity contribution in [2.75, 3.05) is 0 Å². The van der Waals surface area contributed by atoms with E-state index in [2.05, 4.69) is 62.2 Å². The van der Waals surface area contributed by atoms with Gasteiger partial charge in [-0.15, -0.1) is 11.1 Å². The zero-order valence-electron chi connectivity index (χ0n) is 19.8. The van der Waals surface area contributed by atoms with Crippen LogP contribution in [0.5, 0.6) is 0 Å². The Morgan fingerprint density at radius 1 is 0.500 bits per heavy atom. The Kier molecular flexibility index (Phi) is 7.31. The van der Waals surface area contributed by atoms with Gasteiger partial charge in [0.25, 0.3) is 0 Å². The molecule has 0 saturated heterocycles. The van der Waals surface area contributed by atoms with E-state index in [0.29, 0.717) is 0 Å². The van der Waals surface area contributed by atoms with Crippen molar-refractivity contribution in [2.24, 2.45) is 9.98 Å². The molecule has 0 atom stereocenters. The van der Waals surface area contributed by atoms with Gasteiger partial charge in [-0.1, -0.05) is 51.1 Å². The lowest BCUT2D eigenvalue weighted by atomic mass is 10.1. The maximum absolute atomic E-state index is 4.70. The molecule has 2 aromatic carbocycles. The molecule has 0 radical (unpaired) electrons. The fraction of sp³-hybridized carbons (Fsp3) is 0.214. The number of nitrogens with zero attached hydrogens (tertiary/aromatic N) is 2. The molecule has 0 aromatic heterocycles. The van der Waals surface area contributed by atoms with E-state index in [9.17, 15) is 0 Å². The van der Waals surface area contributed by atoms with Crippen LogP contribution in [0.1, 0.15) is 11.1 Å². The van der Waals surface area contributed by atoms with Crippen LogP contribution in [-0.4, -0.2) is 27.6 Å². The molecule has 3 rings (SSSR count). The molecule has 4 heteroatoms. The van der Waals surface area contributed by atoms with Gasteiger partial charge in [-0.3, -0.25) is 0 Å². The normalized spacial score (nSPS) is 13.1. The molecule has 0 spiro atoms. The van der Waals surface area contributed by atoms with Gasteiger partial charge in [0.2, 0.25) is 0 Å². The zero-order valence-corrected chi connectivity index (χ0v) is 21.8. The first-order valence-electron chi connectivity index (χ1n) is 10.9. The van der Waals surface area contributed by atoms with E-state index in [1.54, 1.807) is 0 Å². The first kappa shape index (κ1) is 23.5. The number of benzene rings is 2. The van der Waals surface area contributed by atoms with Gasteiger partial charge in [0.1, 0.15) is 16.1 Å². The van der Waals surface area contributed by atoms with Crippen molar-refractivity contribution in [3.05, 3.63) is 84.0 Å². The van der Waals surface area contributed by atoms with Crippen molar-refractivity contribution in [3.63, 3.8) is 0 Å². The Hall–Kier alpha value is -3.19. The highest BCUT2D eigenvalue weighted by atomic mass is 28.3. The lowest BCUT2D eigenvalue weighted by molar-refractivity contribution is 1.49. The van der Waals surface area contributed by atoms with Gasteiger partial charge >= 0.3 is 0 Å². The topological polar surface area (TPSA) is 24.7 Å². The largest absolute Gasteiger partial charge is 0.249 e. The average Bonchev–Trinajstić information content (AvgIpc) is 2.73. The summed E-state index contributed by atoms with van der Waals surface area (Å²) in [6.45, 7) is 13.5. The monoisotopic (exact) mass is 450 g/mol. The molecular formula is C28H30N2Si2. The highest BCUT2D eigenvalue weighted by Gasteiger charge is 2.08. The number of hydrogen-bond acceptors (Lipinski definition) is 2. The summed E-state index contributed by atoms with van der Waals surface area (Å²) >= 11 is 0. The highest BCUT2D eigenvalue weighted by Crippen LogP contribution is 2.17. The van der Waals surface area contributed by atoms with Crippen molar-refractivity contribution in [3.8, 4) is 22.9 Å². The van der Waals surface area contributed by atoms with E-state index in [-0.39, 0.29) is 0 Å². The Morgan fingerprint density at radius 2 is 0.812 bits per heavy atom. The Balaban J connectivity index is 1.66. The van der Waals surface area contributed by atoms with Crippen molar-refractivity contribution >= 4 is 38.9 Å². The van der Waals surface area contributed by atoms with Crippen LogP contribution in [0, 0.1) is 22.9 Å². The van der Waals surface area contributed by atoms with Crippen LogP contribution in [0.25, 0.3) is 0 Å². The van der Waals surface area contributed by atoms with Crippen LogP contribution in [0.4, 0.5) is 11.4 Å². The second kappa shape index (κ2) is 9.96. The maximum atomic E-state index is 4.70. The van der Waals surface area contributed by atoms with Gasteiger partial charge < -0.3 is 0 Å². The average molecular weight is 451 g/mol. The summed E-state index contributed by atoms with van der Waals surface area (Å²) < 4.78 is 0. The smallest absolute Gasteiger partial charge is 0.129 e. The van der Waals surface area contributed by atoms with E-state index in [1.165, 1.54) is 0 Å². The van der Waals surface area contributed by atoms with Crippen molar-refractivity contribution in [1.82, 2.24) is 0 Å². The molecule has 2 nitrogen and oxygen atoms in total. The van der Waals surface area contributed by atoms with Crippen LogP contribution in [0.3, 0.4) is 0 Å². The van der Waals surface area contributed by atoms with Crippen molar-refractivity contribution in [2.45, 2.75) is 39.3 Å². The summed E-state index contributed by atoms with van der Waals surface area (Å²) in [5.41, 5.74) is 12.5. The molecule has 0 aliphatic heterocycles. The summed E-state index contributed by atoms with van der Waals surface area (Å²) in [5.74, 6) is 6.55. The second-order valence-electron chi connectivity index (χ2n) is 9.83. The molecule has 1 aliphatic carbocycles. The van der Waals surface area contributed by atoms with E-state index < -0.39 is 16.1 Å². The molecule has 0 bridgehead atoms. The minimum atomic E-state index is -1.36. The van der Waals surface area contributed by atoms with Crippen LogP contribution < -0.4 is 0 Å². The zero-order chi connectivity index (χ0) is 23.2. The summed E-state index contributed by atoms with van der Waals surface area (Å²) in [6.07, 6.45) is 7.97. The Bertz CT molecular complexity index is 1090. The molecule has 32 heavy (non-hydrogen) atoms. The summed E-state index contributed by atoms with van der Waals surface area (Å²) in [6, 6.07) is 16.2. The van der Waals surface area contributed by atoms with Crippen molar-refractivity contribution in [1.29, 1.82) is 0 Å². The van der Waals surface area contributed by atoms with Gasteiger partial charge in [0, 0.05) is 11.1 Å². The van der Waals surface area contributed by atoms with Gasteiger partial charge in [0.15, 0.2) is 0 Å². The SMILES string of the molecule is C[Si](C)(C)C#Cc1ccc(N=C2C=CC(=Nc3ccc(C#C[Si](C)(C)C)cc3)C=C2)cc1. The van der Waals surface area contributed by atoms with Gasteiger partial charge in [-0.2, -0.15) is 0 Å². The van der Waals surface area contributed by atoms with Gasteiger partial charge in [-0.05, 0) is 72.8 Å². The molecule has 0 fully saturated rings. The van der Waals surface area contributed by atoms with E-state index in [4.69, 9.17) is 9.98 Å². The van der Waals surface area contributed by atoms with Gasteiger partial charge in [0.05, 0.1) is 22.8 Å². The molecule has 0 unspecified atom stereocenters. The van der Waals surface area contributed by atoms with Gasteiger partial charge in [-0.25, -0.2) is 9.98 Å². The molecule has 160 valence electrons. The predicted octanol–water partition coefficient (Wildman–Crippen LogP) is 7.12. The van der Waals surface area contributed by atoms with Crippen LogP contribution in [0.2, 0.25) is 39.3 Å². The molecule has 0 N–H and O–H groups in total. The summed E-state index contributed by atoms with van der Waals surface area (Å²) in [4.78, 5) is 9.40. The third-order valence-electron chi connectivity index (χ3n) is 4.26. The van der Waals surface area contributed by atoms with E-state index in [1.807, 2.05) is 72.8 Å². The minimum Gasteiger partial charge on any atom is -0.249 e. The first-order valence-corrected chi connectivity index (χ1v) is 17.9. The number of rotatable bonds is 2. The minimum absolute atomic E-state index is 0.904. The number of aliphatic imine (C=N–C) groups is 2. The molecule has 1 aliphatic rings. The van der Waals surface area contributed by atoms with Crippen LogP contribution in [0.15, 0.2) is 82.8 Å². The summed E-state index contributed by atoms with van der Waals surface area (Å²) in [7, 11) is -2.72. The molecule has 0 saturated carbocycles. The third-order valence-corrected chi connectivity index (χ3v) is 6.01. The lowest BCUT2D eigenvalue weighted by Crippen LogP contribution is -2.16. The highest BCUT2D eigenvalue weighted by molar-refractivity contribution is 6.84. The quantitative estimate of drug-likeness (QED) is 0.264. The predicted molar refractivity (Wildman–Crippen MR) is 146 cm³/mol. The van der Waals surface area contributed by atoms with E-state index in [0.717, 1.165) is 33.9 Å². The fourth-order valence-electron chi connectivity index (χ4n) is 2.66. The Labute approximate surface area is 194 Å². The van der Waals surface area contributed by atoms with Crippen LogP contribution >= 0.6 is 0 Å². The number of hydrogen-bond donors (Lipinski definition) is 0. The molecule has 2 aromatic rings. The standard InChI is InChI=1S/C28H30N2Si2/c1-31(2,3)21-19-23-7-11-25(12-8-23)29-27-15-17-28(18-16-27)30-26-13-9-24(10-14-26)20-22-32(4,5)6/h7-18H,1-6H3. The Morgan fingerprint density at radius 3 is 1.09 bits per heavy atom. The summed E-state index contributed by atoms with van der Waals surface area (Å²) in [5, 5.41) is 0. The van der Waals surface area contributed by atoms with E-state index >= 15 is 0 Å². The van der Waals surface area contributed by atoms with Crippen LogP contribution in [-0.2, 0) is 0 Å². The second-order valence-corrected chi connectivity index (χ2v) is 19.3. The van der Waals surface area contributed by atoms with Crippen molar-refractivity contribution < 1.29 is 0 Å². The third kappa shape index (κ3) is 8.15. The maximum Gasteiger partial charge on any atom is 0.129 e.